The summed E-state index contributed by atoms with van der Waals surface area (Å²) in [5.41, 5.74) is 8.17. The lowest BCUT2D eigenvalue weighted by Crippen LogP contribution is -2.18. The lowest BCUT2D eigenvalue weighted by atomic mass is 10.1. The first-order valence-corrected chi connectivity index (χ1v) is 12.2. The Balaban J connectivity index is 1.33. The van der Waals surface area contributed by atoms with Gasteiger partial charge in [-0.1, -0.05) is 71.2 Å². The van der Waals surface area contributed by atoms with E-state index < -0.39 is 5.91 Å². The molecule has 1 amide bonds. The second kappa shape index (κ2) is 10.8. The molecule has 0 saturated heterocycles. The topological polar surface area (TPSA) is 77.1 Å². The molecule has 1 N–H and O–H groups in total. The number of aryl methyl sites for hydroxylation is 1. The second-order valence-electron chi connectivity index (χ2n) is 8.42. The van der Waals surface area contributed by atoms with E-state index in [9.17, 15) is 4.79 Å². The van der Waals surface area contributed by atoms with Crippen molar-refractivity contribution in [2.45, 2.75) is 13.5 Å². The Morgan fingerprint density at radius 3 is 2.62 bits per heavy atom. The molecule has 5 aromatic rings. The molecular weight excluding hydrogens is 507 g/mol. The van der Waals surface area contributed by atoms with E-state index in [0.29, 0.717) is 16.6 Å². The number of nitrogens with one attached hydrogen (secondary N) is 1. The van der Waals surface area contributed by atoms with E-state index in [1.54, 1.807) is 40.0 Å². The number of aromatic nitrogens is 4. The smallest absolute Gasteiger partial charge is 0.267 e. The average molecular weight is 529 g/mol. The molecule has 0 spiro atoms. The fraction of sp³-hybridized carbons (Fsp3) is 0.0714. The normalized spacial score (nSPS) is 11.2. The van der Waals surface area contributed by atoms with Gasteiger partial charge in [-0.25, -0.2) is 10.1 Å². The van der Waals surface area contributed by atoms with Crippen molar-refractivity contribution in [1.82, 2.24) is 25.0 Å². The first-order chi connectivity index (χ1) is 18.0. The third kappa shape index (κ3) is 5.80. The highest BCUT2D eigenvalue weighted by Gasteiger charge is 2.13. The van der Waals surface area contributed by atoms with Gasteiger partial charge < -0.3 is 0 Å². The van der Waals surface area contributed by atoms with E-state index in [0.717, 1.165) is 33.6 Å². The van der Waals surface area contributed by atoms with Gasteiger partial charge in [0.2, 0.25) is 0 Å². The highest BCUT2D eigenvalue weighted by atomic mass is 35.5. The van der Waals surface area contributed by atoms with Gasteiger partial charge in [0.15, 0.2) is 5.69 Å². The molecular formula is C28H22Cl2N6O. The molecule has 2 aromatic heterocycles. The Labute approximate surface area is 224 Å². The summed E-state index contributed by atoms with van der Waals surface area (Å²) in [6.45, 7) is 2.44. The highest BCUT2D eigenvalue weighted by Crippen LogP contribution is 2.24. The van der Waals surface area contributed by atoms with Crippen LogP contribution in [0.4, 0.5) is 0 Å². The van der Waals surface area contributed by atoms with E-state index in [4.69, 9.17) is 28.3 Å². The summed E-state index contributed by atoms with van der Waals surface area (Å²) in [7, 11) is 0. The molecule has 7 nitrogen and oxygen atoms in total. The van der Waals surface area contributed by atoms with Crippen molar-refractivity contribution in [3.8, 4) is 16.9 Å². The molecule has 3 aromatic carbocycles. The summed E-state index contributed by atoms with van der Waals surface area (Å²) in [5.74, 6) is -0.426. The number of carbonyl (C=O) groups is 1. The van der Waals surface area contributed by atoms with Crippen molar-refractivity contribution in [2.75, 3.05) is 0 Å². The van der Waals surface area contributed by atoms with Crippen LogP contribution in [0.25, 0.3) is 16.9 Å². The zero-order chi connectivity index (χ0) is 25.8. The predicted molar refractivity (Wildman–Crippen MR) is 147 cm³/mol. The largest absolute Gasteiger partial charge is 0.291 e. The summed E-state index contributed by atoms with van der Waals surface area (Å²) in [6.07, 6.45) is 5.18. The van der Waals surface area contributed by atoms with Crippen molar-refractivity contribution in [1.29, 1.82) is 0 Å². The van der Waals surface area contributed by atoms with Crippen LogP contribution < -0.4 is 5.43 Å². The number of hydrazone groups is 1. The summed E-state index contributed by atoms with van der Waals surface area (Å²) < 4.78 is 3.43. The molecule has 0 atom stereocenters. The van der Waals surface area contributed by atoms with Crippen molar-refractivity contribution >= 4 is 35.3 Å². The van der Waals surface area contributed by atoms with Gasteiger partial charge in [-0.05, 0) is 48.9 Å². The van der Waals surface area contributed by atoms with E-state index in [2.05, 4.69) is 21.7 Å². The van der Waals surface area contributed by atoms with E-state index in [-0.39, 0.29) is 5.69 Å². The van der Waals surface area contributed by atoms with E-state index >= 15 is 0 Å². The van der Waals surface area contributed by atoms with Crippen molar-refractivity contribution in [3.63, 3.8) is 0 Å². The molecule has 0 radical (unpaired) electrons. The average Bonchev–Trinajstić information content (AvgIpc) is 3.54. The fourth-order valence-electron chi connectivity index (χ4n) is 3.82. The molecule has 0 fully saturated rings. The van der Waals surface area contributed by atoms with Crippen LogP contribution in [0.2, 0.25) is 10.0 Å². The lowest BCUT2D eigenvalue weighted by Gasteiger charge is -2.05. The van der Waals surface area contributed by atoms with Crippen LogP contribution in [0.3, 0.4) is 0 Å². The third-order valence-electron chi connectivity index (χ3n) is 5.65. The quantitative estimate of drug-likeness (QED) is 0.203. The van der Waals surface area contributed by atoms with Crippen LogP contribution in [0.1, 0.15) is 27.2 Å². The summed E-state index contributed by atoms with van der Waals surface area (Å²) in [5, 5.41) is 14.4. The number of hydrogen-bond acceptors (Lipinski definition) is 4. The maximum Gasteiger partial charge on any atom is 0.291 e. The molecule has 0 aliphatic carbocycles. The lowest BCUT2D eigenvalue weighted by molar-refractivity contribution is 0.0949. The molecule has 0 aliphatic rings. The Morgan fingerprint density at radius 2 is 1.84 bits per heavy atom. The van der Waals surface area contributed by atoms with Gasteiger partial charge >= 0.3 is 0 Å². The van der Waals surface area contributed by atoms with Crippen LogP contribution >= 0.6 is 23.2 Å². The number of amides is 1. The Kier molecular flexibility index (Phi) is 7.16. The monoisotopic (exact) mass is 528 g/mol. The summed E-state index contributed by atoms with van der Waals surface area (Å²) in [6, 6.07) is 24.8. The Bertz CT molecular complexity index is 1590. The van der Waals surface area contributed by atoms with Crippen LogP contribution in [0.5, 0.6) is 0 Å². The Morgan fingerprint density at radius 1 is 1.00 bits per heavy atom. The molecule has 184 valence electrons. The van der Waals surface area contributed by atoms with Crippen LogP contribution in [-0.2, 0) is 6.54 Å². The number of carbonyl (C=O) groups excluding carboxylic acids is 1. The molecule has 0 unspecified atom stereocenters. The molecule has 9 heteroatoms. The van der Waals surface area contributed by atoms with E-state index in [1.807, 2.05) is 67.7 Å². The summed E-state index contributed by atoms with van der Waals surface area (Å²) >= 11 is 12.2. The van der Waals surface area contributed by atoms with Gasteiger partial charge in [-0.2, -0.15) is 15.3 Å². The minimum Gasteiger partial charge on any atom is -0.267 e. The zero-order valence-electron chi connectivity index (χ0n) is 19.8. The first-order valence-electron chi connectivity index (χ1n) is 11.5. The molecule has 5 rings (SSSR count). The fourth-order valence-corrected chi connectivity index (χ4v) is 4.29. The van der Waals surface area contributed by atoms with Gasteiger partial charge in [-0.15, -0.1) is 0 Å². The summed E-state index contributed by atoms with van der Waals surface area (Å²) in [4.78, 5) is 12.7. The Hall–Kier alpha value is -4.20. The number of nitrogens with zero attached hydrogens (tertiary/aromatic N) is 5. The van der Waals surface area contributed by atoms with Crippen molar-refractivity contribution < 1.29 is 4.79 Å². The number of hydrogen-bond donors (Lipinski definition) is 1. The number of para-hydroxylation sites is 1. The number of benzene rings is 3. The molecule has 0 saturated carbocycles. The minimum absolute atomic E-state index is 0.237. The van der Waals surface area contributed by atoms with Crippen molar-refractivity contribution in [3.05, 3.63) is 124 Å². The number of rotatable bonds is 7. The van der Waals surface area contributed by atoms with Gasteiger partial charge in [-0.3, -0.25) is 9.48 Å². The van der Waals surface area contributed by atoms with Crippen LogP contribution in [0, 0.1) is 6.92 Å². The maximum absolute atomic E-state index is 12.7. The molecule has 2 heterocycles. The zero-order valence-corrected chi connectivity index (χ0v) is 21.4. The second-order valence-corrected chi connectivity index (χ2v) is 9.26. The van der Waals surface area contributed by atoms with Gasteiger partial charge in [0.1, 0.15) is 5.69 Å². The molecule has 0 bridgehead atoms. The predicted octanol–water partition coefficient (Wildman–Crippen LogP) is 6.16. The SMILES string of the molecule is Cc1cccc(-c2nn(-c3ccccc3)cc2/C=N\NC(=O)c2ccn(Cc3ccc(Cl)cc3Cl)n2)c1. The van der Waals surface area contributed by atoms with Crippen molar-refractivity contribution in [2.24, 2.45) is 5.10 Å². The van der Waals surface area contributed by atoms with E-state index in [1.165, 1.54) is 0 Å². The van der Waals surface area contributed by atoms with Gasteiger partial charge in [0.25, 0.3) is 5.91 Å². The van der Waals surface area contributed by atoms with Crippen LogP contribution in [-0.4, -0.2) is 31.7 Å². The van der Waals surface area contributed by atoms with Crippen LogP contribution in [0.15, 0.2) is 96.4 Å². The maximum atomic E-state index is 12.7. The minimum atomic E-state index is -0.426. The third-order valence-corrected chi connectivity index (χ3v) is 6.23. The molecule has 0 aliphatic heterocycles. The highest BCUT2D eigenvalue weighted by molar-refractivity contribution is 6.35. The standard InChI is InChI=1S/C28H22Cl2N6O/c1-19-6-5-7-20(14-19)27-22(18-36(34-27)24-8-3-2-4-9-24)16-31-32-28(37)26-12-13-35(33-26)17-21-10-11-23(29)15-25(21)30/h2-16,18H,17H2,1H3,(H,32,37)/b31-16-. The van der Waals surface area contributed by atoms with Gasteiger partial charge in [0.05, 0.1) is 18.4 Å². The van der Waals surface area contributed by atoms with Gasteiger partial charge in [0, 0.05) is 33.6 Å². The first kappa shape index (κ1) is 24.5. The number of halogens is 2. The molecule has 37 heavy (non-hydrogen) atoms.